The molecular formula is C25H35ClN4O4S. The van der Waals surface area contributed by atoms with Gasteiger partial charge in [0.1, 0.15) is 22.3 Å². The zero-order valence-electron chi connectivity index (χ0n) is 20.5. The summed E-state index contributed by atoms with van der Waals surface area (Å²) in [6, 6.07) is 8.18. The van der Waals surface area contributed by atoms with E-state index in [-0.39, 0.29) is 5.82 Å². The summed E-state index contributed by atoms with van der Waals surface area (Å²) in [6.45, 7) is 4.64. The van der Waals surface area contributed by atoms with Crippen LogP contribution in [0.1, 0.15) is 76.8 Å². The van der Waals surface area contributed by atoms with Crippen LogP contribution in [0.25, 0.3) is 5.65 Å². The Balaban J connectivity index is 1.37. The summed E-state index contributed by atoms with van der Waals surface area (Å²) in [5.74, 6) is 1.34. The van der Waals surface area contributed by atoms with Gasteiger partial charge in [0.05, 0.1) is 12.3 Å². The summed E-state index contributed by atoms with van der Waals surface area (Å²) < 4.78 is 27.7. The van der Waals surface area contributed by atoms with Crippen LogP contribution in [0.2, 0.25) is 5.02 Å². The number of anilines is 1. The van der Waals surface area contributed by atoms with E-state index in [1.807, 2.05) is 0 Å². The molecule has 1 aromatic carbocycles. The number of halogens is 1. The van der Waals surface area contributed by atoms with Gasteiger partial charge in [-0.25, -0.2) is 0 Å². The van der Waals surface area contributed by atoms with Gasteiger partial charge in [0.2, 0.25) is 0 Å². The minimum absolute atomic E-state index is 0.202. The number of aryl methyl sites for hydroxylation is 1. The monoisotopic (exact) mass is 522 g/mol. The molecule has 1 unspecified atom stereocenters. The number of fused-ring (bicyclic) bond motifs is 1. The van der Waals surface area contributed by atoms with Gasteiger partial charge in [0.25, 0.3) is 5.56 Å². The number of aromatic nitrogens is 3. The average Bonchev–Trinajstić information content (AvgIpc) is 3.12. The first-order valence-electron chi connectivity index (χ1n) is 12.4. The van der Waals surface area contributed by atoms with Crippen molar-refractivity contribution in [3.63, 3.8) is 0 Å². The molecule has 0 bridgehead atoms. The summed E-state index contributed by atoms with van der Waals surface area (Å²) in [7, 11) is 0. The highest BCUT2D eigenvalue weighted by molar-refractivity contribution is 7.81. The molecule has 3 rings (SSSR count). The van der Waals surface area contributed by atoms with E-state index in [4.69, 9.17) is 20.5 Å². The lowest BCUT2D eigenvalue weighted by atomic mass is 10.1. The van der Waals surface area contributed by atoms with Gasteiger partial charge in [-0.3, -0.25) is 9.52 Å². The molecule has 2 aromatic heterocycles. The van der Waals surface area contributed by atoms with Gasteiger partial charge in [0, 0.05) is 6.07 Å². The minimum Gasteiger partial charge on any atom is -0.494 e. The third kappa shape index (κ3) is 8.58. The number of rotatable bonds is 16. The van der Waals surface area contributed by atoms with Crippen molar-refractivity contribution in [2.45, 2.75) is 78.1 Å². The number of H-pyrrole nitrogens is 1. The van der Waals surface area contributed by atoms with E-state index in [0.717, 1.165) is 12.2 Å². The normalized spacial score (nSPS) is 12.1. The number of benzene rings is 1. The summed E-state index contributed by atoms with van der Waals surface area (Å²) in [5.41, 5.74) is 0.458. The van der Waals surface area contributed by atoms with E-state index in [1.165, 1.54) is 68.4 Å². The van der Waals surface area contributed by atoms with E-state index in [1.54, 1.807) is 31.2 Å². The van der Waals surface area contributed by atoms with E-state index in [0.29, 0.717) is 28.7 Å². The van der Waals surface area contributed by atoms with Crippen molar-refractivity contribution in [2.75, 3.05) is 11.3 Å². The highest BCUT2D eigenvalue weighted by atomic mass is 35.5. The Labute approximate surface area is 214 Å². The smallest absolute Gasteiger partial charge is 0.317 e. The molecule has 0 saturated carbocycles. The summed E-state index contributed by atoms with van der Waals surface area (Å²) in [4.78, 5) is 14.5. The average molecular weight is 523 g/mol. The first-order chi connectivity index (χ1) is 17.0. The molecule has 10 heteroatoms. The second-order valence-corrected chi connectivity index (χ2v) is 9.82. The molecule has 0 spiro atoms. The molecule has 1 atom stereocenters. The molecule has 0 aliphatic rings. The molecular weight excluding hydrogens is 488 g/mol. The zero-order valence-corrected chi connectivity index (χ0v) is 22.1. The Morgan fingerprint density at radius 2 is 1.60 bits per heavy atom. The summed E-state index contributed by atoms with van der Waals surface area (Å²) in [5, 5.41) is 4.57. The maximum absolute atomic E-state index is 12.5. The second kappa shape index (κ2) is 14.1. The first-order valence-corrected chi connectivity index (χ1v) is 13.8. The third-order valence-corrected chi connectivity index (χ3v) is 6.85. The number of ether oxygens (including phenoxy) is 1. The van der Waals surface area contributed by atoms with E-state index < -0.39 is 16.8 Å². The topological polar surface area (TPSA) is 97.7 Å². The zero-order chi connectivity index (χ0) is 25.0. The van der Waals surface area contributed by atoms with Crippen LogP contribution < -0.4 is 19.2 Å². The van der Waals surface area contributed by atoms with Crippen LogP contribution in [0.4, 0.5) is 5.82 Å². The Bertz CT molecular complexity index is 1150. The van der Waals surface area contributed by atoms with Gasteiger partial charge in [0.15, 0.2) is 5.65 Å². The molecule has 0 saturated heterocycles. The SMILES string of the molecule is CCCCCCCCCCCCOc1ccc(OS(=O)Nc2cc(=O)[nH]c3c(Cl)c(C)nn23)cc1. The van der Waals surface area contributed by atoms with Crippen molar-refractivity contribution >= 4 is 34.3 Å². The molecule has 2 N–H and O–H groups in total. The summed E-state index contributed by atoms with van der Waals surface area (Å²) in [6.07, 6.45) is 12.9. The second-order valence-electron chi connectivity index (χ2n) is 8.60. The first kappa shape index (κ1) is 27.1. The Morgan fingerprint density at radius 3 is 2.26 bits per heavy atom. The number of nitrogens with one attached hydrogen (secondary N) is 2. The lowest BCUT2D eigenvalue weighted by Crippen LogP contribution is -2.17. The highest BCUT2D eigenvalue weighted by Gasteiger charge is 2.14. The quantitative estimate of drug-likeness (QED) is 0.213. The van der Waals surface area contributed by atoms with Crippen LogP contribution in [0, 0.1) is 6.92 Å². The number of aromatic amines is 1. The molecule has 0 amide bonds. The van der Waals surface area contributed by atoms with Crippen LogP contribution in [-0.2, 0) is 11.3 Å². The van der Waals surface area contributed by atoms with Crippen LogP contribution in [0.3, 0.4) is 0 Å². The maximum atomic E-state index is 12.5. The van der Waals surface area contributed by atoms with Crippen molar-refractivity contribution in [1.82, 2.24) is 14.6 Å². The molecule has 0 fully saturated rings. The van der Waals surface area contributed by atoms with Gasteiger partial charge >= 0.3 is 11.3 Å². The molecule has 0 aliphatic carbocycles. The van der Waals surface area contributed by atoms with E-state index in [2.05, 4.69) is 21.7 Å². The van der Waals surface area contributed by atoms with Crippen LogP contribution in [-0.4, -0.2) is 25.4 Å². The summed E-state index contributed by atoms with van der Waals surface area (Å²) >= 11 is 4.21. The van der Waals surface area contributed by atoms with Crippen molar-refractivity contribution in [3.05, 3.63) is 51.4 Å². The predicted molar refractivity (Wildman–Crippen MR) is 142 cm³/mol. The molecule has 35 heavy (non-hydrogen) atoms. The van der Waals surface area contributed by atoms with Crippen LogP contribution in [0.5, 0.6) is 11.5 Å². The van der Waals surface area contributed by atoms with Crippen molar-refractivity contribution in [2.24, 2.45) is 0 Å². The molecule has 0 aliphatic heterocycles. The van der Waals surface area contributed by atoms with E-state index >= 15 is 0 Å². The maximum Gasteiger partial charge on any atom is 0.317 e. The van der Waals surface area contributed by atoms with Crippen LogP contribution in [0.15, 0.2) is 35.1 Å². The van der Waals surface area contributed by atoms with Gasteiger partial charge < -0.3 is 13.9 Å². The molecule has 8 nitrogen and oxygen atoms in total. The van der Waals surface area contributed by atoms with Gasteiger partial charge in [-0.2, -0.15) is 13.8 Å². The molecule has 0 radical (unpaired) electrons. The largest absolute Gasteiger partial charge is 0.494 e. The van der Waals surface area contributed by atoms with Crippen molar-refractivity contribution in [3.8, 4) is 11.5 Å². The highest BCUT2D eigenvalue weighted by Crippen LogP contribution is 2.22. The number of unbranched alkanes of at least 4 members (excludes halogenated alkanes) is 9. The van der Waals surface area contributed by atoms with Crippen molar-refractivity contribution < 1.29 is 13.1 Å². The molecule has 192 valence electrons. The Kier molecular flexibility index (Phi) is 10.9. The minimum atomic E-state index is -1.95. The van der Waals surface area contributed by atoms with Gasteiger partial charge in [-0.05, 0) is 37.6 Å². The third-order valence-electron chi connectivity index (χ3n) is 5.68. The van der Waals surface area contributed by atoms with Crippen molar-refractivity contribution in [1.29, 1.82) is 0 Å². The lowest BCUT2D eigenvalue weighted by molar-refractivity contribution is 0.304. The Hall–Kier alpha value is -2.52. The lowest BCUT2D eigenvalue weighted by Gasteiger charge is -2.10. The van der Waals surface area contributed by atoms with Gasteiger partial charge in [-0.1, -0.05) is 76.3 Å². The molecule has 3 aromatic rings. The fraction of sp³-hybridized carbons (Fsp3) is 0.520. The number of nitrogens with zero attached hydrogens (tertiary/aromatic N) is 2. The number of hydrogen-bond acceptors (Lipinski definition) is 5. The fourth-order valence-electron chi connectivity index (χ4n) is 3.77. The van der Waals surface area contributed by atoms with Crippen LogP contribution >= 0.6 is 11.6 Å². The van der Waals surface area contributed by atoms with E-state index in [9.17, 15) is 9.00 Å². The fourth-order valence-corrected chi connectivity index (χ4v) is 4.57. The predicted octanol–water partition coefficient (Wildman–Crippen LogP) is 6.35. The standard InChI is InChI=1S/C25H35ClN4O4S/c1-3-4-5-6-7-8-9-10-11-12-17-33-20-13-15-21(16-14-20)34-35(32)29-22-18-23(31)27-25-24(26)19(2)28-30(22)25/h13-16,18,29H,3-12,17H2,1-2H3,(H,27,31). The Morgan fingerprint density at radius 1 is 1.00 bits per heavy atom. The van der Waals surface area contributed by atoms with Gasteiger partial charge in [-0.15, -0.1) is 0 Å². The number of hydrogen-bond donors (Lipinski definition) is 2. The molecule has 2 heterocycles.